The predicted octanol–water partition coefficient (Wildman–Crippen LogP) is 2.56. The molecule has 3 heteroatoms. The second-order valence-electron chi connectivity index (χ2n) is 6.22. The summed E-state index contributed by atoms with van der Waals surface area (Å²) in [5, 5.41) is 3.45. The summed E-state index contributed by atoms with van der Waals surface area (Å²) in [6.45, 7) is 11.6. The van der Waals surface area contributed by atoms with Crippen LogP contribution in [0.25, 0.3) is 0 Å². The van der Waals surface area contributed by atoms with Gasteiger partial charge in [-0.25, -0.2) is 0 Å². The van der Waals surface area contributed by atoms with Crippen LogP contribution in [0.3, 0.4) is 0 Å². The highest BCUT2D eigenvalue weighted by atomic mass is 15.2. The number of anilines is 1. The first-order valence-electron chi connectivity index (χ1n) is 8.06. The van der Waals surface area contributed by atoms with Gasteiger partial charge in [-0.1, -0.05) is 17.7 Å². The van der Waals surface area contributed by atoms with E-state index in [-0.39, 0.29) is 0 Å². The topological polar surface area (TPSA) is 18.5 Å². The standard InChI is InChI=1S/C17H27N3/c1-14-5-6-17(20-9-3-4-10-20)16(13-14)15(2)19-11-7-18-8-12-19/h5-6,13,15,18H,3-4,7-12H2,1-2H3. The third kappa shape index (κ3) is 2.84. The molecule has 0 amide bonds. The lowest BCUT2D eigenvalue weighted by Gasteiger charge is -2.35. The minimum Gasteiger partial charge on any atom is -0.371 e. The molecular formula is C17H27N3. The van der Waals surface area contributed by atoms with Crippen LogP contribution in [0, 0.1) is 6.92 Å². The maximum Gasteiger partial charge on any atom is 0.0414 e. The molecule has 0 bridgehead atoms. The Hall–Kier alpha value is -1.06. The van der Waals surface area contributed by atoms with Gasteiger partial charge in [0.1, 0.15) is 0 Å². The quantitative estimate of drug-likeness (QED) is 0.913. The molecule has 1 aromatic rings. The fourth-order valence-corrected chi connectivity index (χ4v) is 3.52. The summed E-state index contributed by atoms with van der Waals surface area (Å²) in [5.41, 5.74) is 4.37. The fraction of sp³-hybridized carbons (Fsp3) is 0.647. The van der Waals surface area contributed by atoms with Gasteiger partial charge in [-0.05, 0) is 38.3 Å². The van der Waals surface area contributed by atoms with Gasteiger partial charge in [0.2, 0.25) is 0 Å². The Bertz CT molecular complexity index is 446. The van der Waals surface area contributed by atoms with Crippen LogP contribution in [-0.4, -0.2) is 44.2 Å². The van der Waals surface area contributed by atoms with E-state index >= 15 is 0 Å². The Morgan fingerprint density at radius 2 is 1.75 bits per heavy atom. The molecule has 0 radical (unpaired) electrons. The van der Waals surface area contributed by atoms with Crippen LogP contribution in [0.5, 0.6) is 0 Å². The molecule has 3 rings (SSSR count). The maximum absolute atomic E-state index is 3.45. The van der Waals surface area contributed by atoms with Crippen molar-refractivity contribution in [3.05, 3.63) is 29.3 Å². The van der Waals surface area contributed by atoms with E-state index in [1.54, 1.807) is 0 Å². The average Bonchev–Trinajstić information content (AvgIpc) is 3.01. The molecule has 110 valence electrons. The second-order valence-corrected chi connectivity index (χ2v) is 6.22. The number of aryl methyl sites for hydroxylation is 1. The third-order valence-corrected chi connectivity index (χ3v) is 4.78. The van der Waals surface area contributed by atoms with Gasteiger partial charge >= 0.3 is 0 Å². The lowest BCUT2D eigenvalue weighted by atomic mass is 10.0. The first-order chi connectivity index (χ1) is 9.75. The van der Waals surface area contributed by atoms with Crippen molar-refractivity contribution in [2.45, 2.75) is 32.7 Å². The average molecular weight is 273 g/mol. The molecular weight excluding hydrogens is 246 g/mol. The summed E-state index contributed by atoms with van der Waals surface area (Å²) in [6, 6.07) is 7.53. The molecule has 1 unspecified atom stereocenters. The van der Waals surface area contributed by atoms with Crippen LogP contribution >= 0.6 is 0 Å². The number of benzene rings is 1. The van der Waals surface area contributed by atoms with E-state index in [4.69, 9.17) is 0 Å². The largest absolute Gasteiger partial charge is 0.371 e. The van der Waals surface area contributed by atoms with Crippen molar-refractivity contribution in [2.24, 2.45) is 0 Å². The van der Waals surface area contributed by atoms with E-state index in [9.17, 15) is 0 Å². The Morgan fingerprint density at radius 3 is 2.45 bits per heavy atom. The first kappa shape index (κ1) is 13.9. The van der Waals surface area contributed by atoms with Crippen LogP contribution in [0.1, 0.15) is 36.9 Å². The number of nitrogens with one attached hydrogen (secondary N) is 1. The SMILES string of the molecule is Cc1ccc(N2CCCC2)c(C(C)N2CCNCC2)c1. The lowest BCUT2D eigenvalue weighted by Crippen LogP contribution is -2.44. The van der Waals surface area contributed by atoms with Crippen molar-refractivity contribution in [2.75, 3.05) is 44.2 Å². The molecule has 0 aromatic heterocycles. The van der Waals surface area contributed by atoms with Gasteiger partial charge in [-0.2, -0.15) is 0 Å². The molecule has 1 aromatic carbocycles. The molecule has 3 nitrogen and oxygen atoms in total. The number of nitrogens with zero attached hydrogens (tertiary/aromatic N) is 2. The monoisotopic (exact) mass is 273 g/mol. The lowest BCUT2D eigenvalue weighted by molar-refractivity contribution is 0.186. The Balaban J connectivity index is 1.87. The van der Waals surface area contributed by atoms with Gasteiger partial charge in [0.05, 0.1) is 0 Å². The minimum atomic E-state index is 0.521. The Labute approximate surface area is 123 Å². The molecule has 1 atom stereocenters. The zero-order chi connectivity index (χ0) is 13.9. The number of hydrogen-bond acceptors (Lipinski definition) is 3. The van der Waals surface area contributed by atoms with E-state index in [1.807, 2.05) is 0 Å². The van der Waals surface area contributed by atoms with Crippen LogP contribution in [-0.2, 0) is 0 Å². The van der Waals surface area contributed by atoms with E-state index < -0.39 is 0 Å². The van der Waals surface area contributed by atoms with E-state index in [1.165, 1.54) is 42.7 Å². The van der Waals surface area contributed by atoms with Crippen molar-refractivity contribution >= 4 is 5.69 Å². The summed E-state index contributed by atoms with van der Waals surface area (Å²) in [7, 11) is 0. The Morgan fingerprint density at radius 1 is 1.05 bits per heavy atom. The predicted molar refractivity (Wildman–Crippen MR) is 85.5 cm³/mol. The minimum absolute atomic E-state index is 0.521. The zero-order valence-corrected chi connectivity index (χ0v) is 12.9. The highest BCUT2D eigenvalue weighted by Crippen LogP contribution is 2.33. The van der Waals surface area contributed by atoms with Crippen LogP contribution < -0.4 is 10.2 Å². The number of piperazine rings is 1. The van der Waals surface area contributed by atoms with Crippen molar-refractivity contribution in [1.82, 2.24) is 10.2 Å². The van der Waals surface area contributed by atoms with Gasteiger partial charge in [0.15, 0.2) is 0 Å². The zero-order valence-electron chi connectivity index (χ0n) is 12.9. The molecule has 0 aliphatic carbocycles. The van der Waals surface area contributed by atoms with Crippen molar-refractivity contribution in [3.63, 3.8) is 0 Å². The molecule has 2 fully saturated rings. The van der Waals surface area contributed by atoms with Crippen LogP contribution in [0.4, 0.5) is 5.69 Å². The van der Waals surface area contributed by atoms with E-state index in [2.05, 4.69) is 47.2 Å². The summed E-state index contributed by atoms with van der Waals surface area (Å²) in [6.07, 6.45) is 2.69. The number of hydrogen-bond donors (Lipinski definition) is 1. The molecule has 2 aliphatic heterocycles. The molecule has 2 saturated heterocycles. The third-order valence-electron chi connectivity index (χ3n) is 4.78. The molecule has 1 N–H and O–H groups in total. The first-order valence-corrected chi connectivity index (χ1v) is 8.06. The van der Waals surface area contributed by atoms with Crippen molar-refractivity contribution in [1.29, 1.82) is 0 Å². The van der Waals surface area contributed by atoms with Crippen molar-refractivity contribution in [3.8, 4) is 0 Å². The van der Waals surface area contributed by atoms with Gasteiger partial charge in [-0.3, -0.25) is 4.90 Å². The molecule has 0 spiro atoms. The molecule has 0 saturated carbocycles. The highest BCUT2D eigenvalue weighted by molar-refractivity contribution is 5.56. The summed E-state index contributed by atoms with van der Waals surface area (Å²) >= 11 is 0. The smallest absolute Gasteiger partial charge is 0.0414 e. The summed E-state index contributed by atoms with van der Waals surface area (Å²) in [4.78, 5) is 5.19. The Kier molecular flexibility index (Phi) is 4.27. The molecule has 2 heterocycles. The fourth-order valence-electron chi connectivity index (χ4n) is 3.52. The summed E-state index contributed by atoms with van der Waals surface area (Å²) < 4.78 is 0. The van der Waals surface area contributed by atoms with Gasteiger partial charge < -0.3 is 10.2 Å². The maximum atomic E-state index is 3.45. The summed E-state index contributed by atoms with van der Waals surface area (Å²) in [5.74, 6) is 0. The number of rotatable bonds is 3. The van der Waals surface area contributed by atoms with Crippen molar-refractivity contribution < 1.29 is 0 Å². The highest BCUT2D eigenvalue weighted by Gasteiger charge is 2.23. The van der Waals surface area contributed by atoms with Crippen LogP contribution in [0.15, 0.2) is 18.2 Å². The van der Waals surface area contributed by atoms with E-state index in [0.29, 0.717) is 6.04 Å². The van der Waals surface area contributed by atoms with E-state index in [0.717, 1.165) is 26.2 Å². The second kappa shape index (κ2) is 6.15. The molecule has 2 aliphatic rings. The van der Waals surface area contributed by atoms with Gasteiger partial charge in [-0.15, -0.1) is 0 Å². The van der Waals surface area contributed by atoms with Gasteiger partial charge in [0.25, 0.3) is 0 Å². The van der Waals surface area contributed by atoms with Crippen LogP contribution in [0.2, 0.25) is 0 Å². The normalized spacial score (nSPS) is 22.2. The molecule has 20 heavy (non-hydrogen) atoms. The van der Waals surface area contributed by atoms with Gasteiger partial charge in [0, 0.05) is 51.0 Å².